The molecule has 1 aromatic carbocycles. The van der Waals surface area contributed by atoms with Crippen LogP contribution in [0.1, 0.15) is 64.6 Å². The van der Waals surface area contributed by atoms with Crippen LogP contribution in [0.4, 0.5) is 31.7 Å². The van der Waals surface area contributed by atoms with Gasteiger partial charge in [0.2, 0.25) is 5.91 Å². The number of anilines is 4. The maximum absolute atomic E-state index is 13.7. The van der Waals surface area contributed by atoms with Crippen LogP contribution >= 0.6 is 22.6 Å². The lowest BCUT2D eigenvalue weighted by Crippen LogP contribution is -2.50. The third kappa shape index (κ3) is 6.36. The first kappa shape index (κ1) is 35.3. The fourth-order valence-corrected chi connectivity index (χ4v) is 8.20. The predicted octanol–water partition coefficient (Wildman–Crippen LogP) is 4.56. The summed E-state index contributed by atoms with van der Waals surface area (Å²) in [6, 6.07) is 12.8. The van der Waals surface area contributed by atoms with E-state index in [2.05, 4.69) is 69.8 Å². The number of aromatic nitrogens is 5. The zero-order valence-corrected chi connectivity index (χ0v) is 31.3. The molecule has 0 spiro atoms. The topological polar surface area (TPSA) is 168 Å². The first-order valence-electron chi connectivity index (χ1n) is 17.6. The van der Waals surface area contributed by atoms with E-state index in [1.807, 2.05) is 37.5 Å². The van der Waals surface area contributed by atoms with Gasteiger partial charge < -0.3 is 26.2 Å². The molecule has 1 unspecified atom stereocenters. The van der Waals surface area contributed by atoms with Gasteiger partial charge in [0.25, 0.3) is 11.8 Å². The predicted molar refractivity (Wildman–Crippen MR) is 201 cm³/mol. The minimum atomic E-state index is -1.67. The number of carbonyl (C=O) groups excluding carboxylic acids is 3. The number of primary amides is 1. The maximum atomic E-state index is 13.7. The van der Waals surface area contributed by atoms with Crippen molar-refractivity contribution in [1.29, 1.82) is 0 Å². The van der Waals surface area contributed by atoms with Crippen LogP contribution in [-0.4, -0.2) is 98.1 Å². The van der Waals surface area contributed by atoms with Crippen LogP contribution in [0.15, 0.2) is 48.7 Å². The molecule has 0 radical (unpaired) electrons. The Bertz CT molecular complexity index is 2110. The zero-order valence-electron chi connectivity index (χ0n) is 29.1. The van der Waals surface area contributed by atoms with Crippen LogP contribution in [0.25, 0.3) is 11.1 Å². The van der Waals surface area contributed by atoms with Gasteiger partial charge in [-0.3, -0.25) is 24.0 Å². The highest BCUT2D eigenvalue weighted by Crippen LogP contribution is 2.55. The molecule has 53 heavy (non-hydrogen) atoms. The van der Waals surface area contributed by atoms with Crippen molar-refractivity contribution >= 4 is 63.2 Å². The van der Waals surface area contributed by atoms with Crippen molar-refractivity contribution in [3.63, 3.8) is 0 Å². The summed E-state index contributed by atoms with van der Waals surface area (Å²) < 4.78 is 29.1. The molecule has 2 saturated heterocycles. The molecule has 3 aromatic heterocycles. The van der Waals surface area contributed by atoms with Crippen molar-refractivity contribution in [1.82, 2.24) is 34.8 Å². The van der Waals surface area contributed by atoms with Crippen molar-refractivity contribution in [2.75, 3.05) is 48.8 Å². The van der Waals surface area contributed by atoms with E-state index in [0.717, 1.165) is 47.5 Å². The summed E-state index contributed by atoms with van der Waals surface area (Å²) in [7, 11) is 2.04. The standard InChI is InChI=1S/C36H38F2IN11O3/c1-3-36(39)32-23(13-41-50(32)21-15-48(16-21)14-20-6-4-9-27(42-20)35(53)49-17-24(37)25(38)18-49)22-7-5-8-26(31(22)47(36)2)43-28-12-29(44-34(52)19-10-11-19)45-46-30(28)33(40)51/h4-9,12-13,19,21,24-25H,3,10-11,14-18H2,1-2H3,(H2,40,51)(H2,43,44,45,52)/t24-,25?,36-/m0/s1. The van der Waals surface area contributed by atoms with Gasteiger partial charge in [0, 0.05) is 49.8 Å². The first-order chi connectivity index (χ1) is 25.4. The number of hydrogen-bond acceptors (Lipinski definition) is 10. The van der Waals surface area contributed by atoms with E-state index in [1.165, 1.54) is 4.90 Å². The number of halogens is 3. The van der Waals surface area contributed by atoms with Gasteiger partial charge in [-0.15, -0.1) is 10.2 Å². The van der Waals surface area contributed by atoms with Gasteiger partial charge >= 0.3 is 0 Å². The van der Waals surface area contributed by atoms with E-state index in [9.17, 15) is 23.2 Å². The van der Waals surface area contributed by atoms with Crippen molar-refractivity contribution in [3.8, 4) is 11.1 Å². The molecule has 3 amide bonds. The summed E-state index contributed by atoms with van der Waals surface area (Å²) in [4.78, 5) is 47.9. The smallest absolute Gasteiger partial charge is 0.272 e. The number of likely N-dealkylation sites (tertiary alicyclic amines) is 2. The Morgan fingerprint density at radius 2 is 1.74 bits per heavy atom. The molecule has 3 fully saturated rings. The molecule has 276 valence electrons. The average Bonchev–Trinajstić information content (AvgIpc) is 3.81. The lowest BCUT2D eigenvalue weighted by Gasteiger charge is -2.47. The molecule has 1 saturated carbocycles. The van der Waals surface area contributed by atoms with E-state index in [1.54, 1.807) is 18.2 Å². The first-order valence-corrected chi connectivity index (χ1v) is 18.7. The van der Waals surface area contributed by atoms with Crippen molar-refractivity contribution in [3.05, 3.63) is 71.4 Å². The van der Waals surface area contributed by atoms with Crippen LogP contribution in [0.5, 0.6) is 0 Å². The number of nitrogens with one attached hydrogen (secondary N) is 2. The number of carbonyl (C=O) groups is 3. The normalized spacial score (nSPS) is 22.6. The number of nitrogens with two attached hydrogens (primary N) is 1. The monoisotopic (exact) mass is 837 g/mol. The second-order valence-corrected chi connectivity index (χ2v) is 15.9. The SMILES string of the molecule is CC[C@@]1(I)c2c(cnn2C2CN(Cc3cccc(C(=O)N4CC(F)[C@@H](F)C4)n3)C2)-c2cccc(Nc3cc(NC(=O)C4CC4)nnc3C(N)=O)c2N1C. The minimum absolute atomic E-state index is 0.0316. The summed E-state index contributed by atoms with van der Waals surface area (Å²) in [5.74, 6) is -1.14. The molecule has 3 aliphatic heterocycles. The molecule has 3 atom stereocenters. The van der Waals surface area contributed by atoms with Gasteiger partial charge in [0.15, 0.2) is 23.9 Å². The van der Waals surface area contributed by atoms with Gasteiger partial charge in [-0.2, -0.15) is 5.10 Å². The number of para-hydroxylation sites is 1. The number of amides is 3. The molecule has 4 N–H and O–H groups in total. The Hall–Kier alpha value is -4.78. The Kier molecular flexibility index (Phi) is 9.03. The fourth-order valence-electron chi connectivity index (χ4n) is 7.43. The third-order valence-corrected chi connectivity index (χ3v) is 12.5. The Morgan fingerprint density at radius 1 is 1.00 bits per heavy atom. The number of pyridine rings is 1. The van der Waals surface area contributed by atoms with Crippen molar-refractivity contribution < 1.29 is 23.2 Å². The Balaban J connectivity index is 1.03. The van der Waals surface area contributed by atoms with E-state index >= 15 is 0 Å². The minimum Gasteiger partial charge on any atom is -0.364 e. The van der Waals surface area contributed by atoms with Crippen LogP contribution in [-0.2, 0) is 14.9 Å². The van der Waals surface area contributed by atoms with Crippen LogP contribution in [0.3, 0.4) is 0 Å². The summed E-state index contributed by atoms with van der Waals surface area (Å²) in [6.07, 6.45) is 0.991. The van der Waals surface area contributed by atoms with Gasteiger partial charge in [-0.05, 0) is 60.1 Å². The number of benzene rings is 1. The maximum Gasteiger partial charge on any atom is 0.272 e. The quantitative estimate of drug-likeness (QED) is 0.117. The highest BCUT2D eigenvalue weighted by molar-refractivity contribution is 14.1. The summed E-state index contributed by atoms with van der Waals surface area (Å²) in [5.41, 5.74) is 11.5. The Morgan fingerprint density at radius 3 is 2.43 bits per heavy atom. The van der Waals surface area contributed by atoms with Gasteiger partial charge in [0.05, 0.1) is 53.8 Å². The highest BCUT2D eigenvalue weighted by atomic mass is 127. The van der Waals surface area contributed by atoms with Crippen LogP contribution in [0.2, 0.25) is 0 Å². The molecule has 6 heterocycles. The zero-order chi connectivity index (χ0) is 37.2. The van der Waals surface area contributed by atoms with E-state index in [0.29, 0.717) is 31.0 Å². The summed E-state index contributed by atoms with van der Waals surface area (Å²) >= 11 is 2.50. The van der Waals surface area contributed by atoms with E-state index in [4.69, 9.17) is 10.8 Å². The van der Waals surface area contributed by atoms with E-state index < -0.39 is 27.7 Å². The molecule has 14 nitrogen and oxygen atoms in total. The number of fused-ring (bicyclic) bond motifs is 3. The lowest BCUT2D eigenvalue weighted by atomic mass is 9.91. The Labute approximate surface area is 317 Å². The summed E-state index contributed by atoms with van der Waals surface area (Å²) in [5, 5.41) is 19.2. The summed E-state index contributed by atoms with van der Waals surface area (Å²) in [6.45, 7) is 3.56. The van der Waals surface area contributed by atoms with E-state index in [-0.39, 0.29) is 48.2 Å². The van der Waals surface area contributed by atoms with Crippen molar-refractivity contribution in [2.45, 2.75) is 54.7 Å². The number of nitrogens with zero attached hydrogens (tertiary/aromatic N) is 8. The second-order valence-electron chi connectivity index (χ2n) is 14.1. The lowest BCUT2D eigenvalue weighted by molar-refractivity contribution is -0.117. The largest absolute Gasteiger partial charge is 0.364 e. The molecule has 4 aromatic rings. The number of rotatable bonds is 10. The van der Waals surface area contributed by atoms with Crippen LogP contribution < -0.4 is 21.3 Å². The molecule has 8 rings (SSSR count). The highest BCUT2D eigenvalue weighted by Gasteiger charge is 2.46. The molecule has 4 aliphatic rings. The molecule has 1 aliphatic carbocycles. The van der Waals surface area contributed by atoms with Gasteiger partial charge in [-0.25, -0.2) is 13.8 Å². The molecule has 0 bridgehead atoms. The van der Waals surface area contributed by atoms with Gasteiger partial charge in [-0.1, -0.05) is 25.1 Å². The van der Waals surface area contributed by atoms with Crippen molar-refractivity contribution in [2.24, 2.45) is 11.7 Å². The molecular formula is C36H38F2IN11O3. The fraction of sp³-hybridized carbons (Fsp3) is 0.417. The average molecular weight is 838 g/mol. The number of alkyl halides is 3. The third-order valence-electron chi connectivity index (χ3n) is 10.5. The molecule has 17 heteroatoms. The molecular weight excluding hydrogens is 799 g/mol. The van der Waals surface area contributed by atoms with Gasteiger partial charge in [0.1, 0.15) is 9.24 Å². The second kappa shape index (κ2) is 13.6. The van der Waals surface area contributed by atoms with Crippen LogP contribution in [0, 0.1) is 5.92 Å². The number of hydrogen-bond donors (Lipinski definition) is 3.